The Bertz CT molecular complexity index is 441. The fraction of sp³-hybridized carbons (Fsp3) is 0.500. The number of aromatic nitrogens is 1. The van der Waals surface area contributed by atoms with E-state index in [1.807, 2.05) is 0 Å². The Morgan fingerprint density at radius 1 is 1.32 bits per heavy atom. The maximum absolute atomic E-state index is 12.3. The number of amides is 1. The van der Waals surface area contributed by atoms with E-state index in [0.29, 0.717) is 25.3 Å². The predicted octanol–water partition coefficient (Wildman–Crippen LogP) is 1.58. The Kier molecular flexibility index (Phi) is 4.04. The van der Waals surface area contributed by atoms with E-state index in [0.717, 1.165) is 25.0 Å². The largest absolute Gasteiger partial charge is 0.417 e. The SMILES string of the molecule is O=C(NCCNC1CC1)c1ccc(C(F)(F)F)cn1. The highest BCUT2D eigenvalue weighted by molar-refractivity contribution is 5.92. The van der Waals surface area contributed by atoms with Gasteiger partial charge in [0.15, 0.2) is 0 Å². The summed E-state index contributed by atoms with van der Waals surface area (Å²) in [5, 5.41) is 5.80. The number of carbonyl (C=O) groups is 1. The van der Waals surface area contributed by atoms with Crippen molar-refractivity contribution in [1.29, 1.82) is 0 Å². The molecule has 0 unspecified atom stereocenters. The molecule has 1 aromatic rings. The summed E-state index contributed by atoms with van der Waals surface area (Å²) in [5.41, 5.74) is -0.876. The van der Waals surface area contributed by atoms with Crippen LogP contribution in [0, 0.1) is 0 Å². The van der Waals surface area contributed by atoms with Crippen LogP contribution in [-0.4, -0.2) is 30.0 Å². The van der Waals surface area contributed by atoms with Gasteiger partial charge in [0.2, 0.25) is 0 Å². The van der Waals surface area contributed by atoms with Gasteiger partial charge in [-0.2, -0.15) is 13.2 Å². The second-order valence-corrected chi connectivity index (χ2v) is 4.41. The smallest absolute Gasteiger partial charge is 0.349 e. The van der Waals surface area contributed by atoms with E-state index in [2.05, 4.69) is 15.6 Å². The number of carbonyl (C=O) groups excluding carboxylic acids is 1. The highest BCUT2D eigenvalue weighted by atomic mass is 19.4. The van der Waals surface area contributed by atoms with Crippen molar-refractivity contribution in [2.75, 3.05) is 13.1 Å². The number of hydrogen-bond donors (Lipinski definition) is 2. The normalized spacial score (nSPS) is 15.3. The van der Waals surface area contributed by atoms with Crippen molar-refractivity contribution in [1.82, 2.24) is 15.6 Å². The third-order valence-electron chi connectivity index (χ3n) is 2.74. The van der Waals surface area contributed by atoms with Gasteiger partial charge in [-0.05, 0) is 25.0 Å². The van der Waals surface area contributed by atoms with E-state index < -0.39 is 17.6 Å². The van der Waals surface area contributed by atoms with Crippen molar-refractivity contribution in [2.45, 2.75) is 25.1 Å². The summed E-state index contributed by atoms with van der Waals surface area (Å²) in [5.74, 6) is -0.466. The van der Waals surface area contributed by atoms with Crippen LogP contribution >= 0.6 is 0 Å². The van der Waals surface area contributed by atoms with Gasteiger partial charge in [0, 0.05) is 25.3 Å². The van der Waals surface area contributed by atoms with Crippen molar-refractivity contribution in [3.05, 3.63) is 29.6 Å². The molecule has 1 aliphatic carbocycles. The minimum Gasteiger partial charge on any atom is -0.349 e. The van der Waals surface area contributed by atoms with E-state index >= 15 is 0 Å². The molecule has 0 atom stereocenters. The van der Waals surface area contributed by atoms with Crippen LogP contribution in [0.2, 0.25) is 0 Å². The quantitative estimate of drug-likeness (QED) is 0.801. The van der Waals surface area contributed by atoms with Crippen LogP contribution in [0.3, 0.4) is 0 Å². The minimum atomic E-state index is -4.43. The fourth-order valence-corrected chi connectivity index (χ4v) is 1.53. The minimum absolute atomic E-state index is 0.0144. The summed E-state index contributed by atoms with van der Waals surface area (Å²) in [4.78, 5) is 15.1. The van der Waals surface area contributed by atoms with Gasteiger partial charge >= 0.3 is 6.18 Å². The van der Waals surface area contributed by atoms with Crippen LogP contribution in [0.25, 0.3) is 0 Å². The molecular formula is C12H14F3N3O. The molecule has 0 aromatic carbocycles. The summed E-state index contributed by atoms with van der Waals surface area (Å²) in [6.07, 6.45) is -1.45. The molecule has 0 aliphatic heterocycles. The molecule has 0 spiro atoms. The number of alkyl halides is 3. The van der Waals surface area contributed by atoms with Crippen LogP contribution in [0.4, 0.5) is 13.2 Å². The number of pyridine rings is 1. The average Bonchev–Trinajstić information content (AvgIpc) is 3.17. The highest BCUT2D eigenvalue weighted by Gasteiger charge is 2.30. The standard InChI is InChI=1S/C12H14F3N3O/c13-12(14,15)8-1-4-10(18-7-8)11(19)17-6-5-16-9-2-3-9/h1,4,7,9,16H,2-3,5-6H2,(H,17,19). The first-order chi connectivity index (χ1) is 8.97. The number of rotatable bonds is 5. The number of nitrogens with zero attached hydrogens (tertiary/aromatic N) is 1. The predicted molar refractivity (Wildman–Crippen MR) is 62.6 cm³/mol. The van der Waals surface area contributed by atoms with Gasteiger partial charge in [0.1, 0.15) is 5.69 Å². The Balaban J connectivity index is 1.81. The summed E-state index contributed by atoms with van der Waals surface area (Å²) >= 11 is 0. The lowest BCUT2D eigenvalue weighted by Gasteiger charge is -2.08. The maximum Gasteiger partial charge on any atom is 0.417 e. The van der Waals surface area contributed by atoms with E-state index in [1.165, 1.54) is 0 Å². The average molecular weight is 273 g/mol. The topological polar surface area (TPSA) is 54.0 Å². The summed E-state index contributed by atoms with van der Waals surface area (Å²) in [6, 6.07) is 2.48. The molecule has 1 aromatic heterocycles. The first kappa shape index (κ1) is 13.8. The van der Waals surface area contributed by atoms with Crippen LogP contribution in [-0.2, 0) is 6.18 Å². The van der Waals surface area contributed by atoms with E-state index in [1.54, 1.807) is 0 Å². The van der Waals surface area contributed by atoms with Gasteiger partial charge in [-0.15, -0.1) is 0 Å². The van der Waals surface area contributed by atoms with Crippen molar-refractivity contribution in [3.8, 4) is 0 Å². The maximum atomic E-state index is 12.3. The first-order valence-corrected chi connectivity index (χ1v) is 6.01. The van der Waals surface area contributed by atoms with Crippen molar-refractivity contribution in [3.63, 3.8) is 0 Å². The molecule has 2 rings (SSSR count). The summed E-state index contributed by atoms with van der Waals surface area (Å²) in [7, 11) is 0. The van der Waals surface area contributed by atoms with Crippen LogP contribution in [0.5, 0.6) is 0 Å². The molecule has 0 bridgehead atoms. The fourth-order valence-electron chi connectivity index (χ4n) is 1.53. The van der Waals surface area contributed by atoms with Crippen molar-refractivity contribution >= 4 is 5.91 Å². The number of halogens is 3. The molecule has 1 aliphatic rings. The van der Waals surface area contributed by atoms with Crippen LogP contribution < -0.4 is 10.6 Å². The molecule has 4 nitrogen and oxygen atoms in total. The van der Waals surface area contributed by atoms with Gasteiger partial charge in [0.25, 0.3) is 5.91 Å². The molecule has 1 saturated carbocycles. The molecule has 1 heterocycles. The summed E-state index contributed by atoms with van der Waals surface area (Å²) in [6.45, 7) is 1.08. The molecule has 0 saturated heterocycles. The zero-order chi connectivity index (χ0) is 13.9. The Labute approximate surface area is 108 Å². The number of nitrogens with one attached hydrogen (secondary N) is 2. The third kappa shape index (κ3) is 4.20. The highest BCUT2D eigenvalue weighted by Crippen LogP contribution is 2.28. The first-order valence-electron chi connectivity index (χ1n) is 6.01. The van der Waals surface area contributed by atoms with Gasteiger partial charge in [0.05, 0.1) is 5.56 Å². The van der Waals surface area contributed by atoms with E-state index in [-0.39, 0.29) is 5.69 Å². The monoisotopic (exact) mass is 273 g/mol. The van der Waals surface area contributed by atoms with Crippen LogP contribution in [0.1, 0.15) is 28.9 Å². The van der Waals surface area contributed by atoms with Gasteiger partial charge in [-0.3, -0.25) is 9.78 Å². The zero-order valence-electron chi connectivity index (χ0n) is 10.1. The molecular weight excluding hydrogens is 259 g/mol. The second kappa shape index (κ2) is 5.56. The second-order valence-electron chi connectivity index (χ2n) is 4.41. The lowest BCUT2D eigenvalue weighted by atomic mass is 10.2. The lowest BCUT2D eigenvalue weighted by molar-refractivity contribution is -0.137. The molecule has 19 heavy (non-hydrogen) atoms. The molecule has 0 radical (unpaired) electrons. The zero-order valence-corrected chi connectivity index (χ0v) is 10.1. The van der Waals surface area contributed by atoms with E-state index in [4.69, 9.17) is 0 Å². The third-order valence-corrected chi connectivity index (χ3v) is 2.74. The summed E-state index contributed by atoms with van der Waals surface area (Å²) < 4.78 is 36.9. The molecule has 104 valence electrons. The molecule has 1 fully saturated rings. The Morgan fingerprint density at radius 2 is 2.05 bits per heavy atom. The Morgan fingerprint density at radius 3 is 2.58 bits per heavy atom. The number of hydrogen-bond acceptors (Lipinski definition) is 3. The van der Waals surface area contributed by atoms with Gasteiger partial charge < -0.3 is 10.6 Å². The molecule has 7 heteroatoms. The van der Waals surface area contributed by atoms with E-state index in [9.17, 15) is 18.0 Å². The lowest BCUT2D eigenvalue weighted by Crippen LogP contribution is -2.33. The Hall–Kier alpha value is -1.63. The van der Waals surface area contributed by atoms with Gasteiger partial charge in [-0.1, -0.05) is 0 Å². The molecule has 2 N–H and O–H groups in total. The van der Waals surface area contributed by atoms with Crippen LogP contribution in [0.15, 0.2) is 18.3 Å². The van der Waals surface area contributed by atoms with Crippen molar-refractivity contribution < 1.29 is 18.0 Å². The van der Waals surface area contributed by atoms with Crippen molar-refractivity contribution in [2.24, 2.45) is 0 Å². The molecule has 1 amide bonds. The van der Waals surface area contributed by atoms with Gasteiger partial charge in [-0.25, -0.2) is 0 Å².